The van der Waals surface area contributed by atoms with Gasteiger partial charge in [0, 0.05) is 5.56 Å². The summed E-state index contributed by atoms with van der Waals surface area (Å²) >= 11 is 0. The maximum absolute atomic E-state index is 11.2. The van der Waals surface area contributed by atoms with Crippen LogP contribution in [0.5, 0.6) is 0 Å². The molecule has 0 aromatic carbocycles. The molecule has 2 rings (SSSR count). The van der Waals surface area contributed by atoms with Crippen LogP contribution in [0.3, 0.4) is 0 Å². The zero-order valence-electron chi connectivity index (χ0n) is 9.71. The van der Waals surface area contributed by atoms with Gasteiger partial charge in [-0.25, -0.2) is 0 Å². The van der Waals surface area contributed by atoms with Gasteiger partial charge in [-0.15, -0.1) is 0 Å². The lowest BCUT2D eigenvalue weighted by Crippen LogP contribution is -1.96. The molecule has 0 amide bonds. The molecule has 2 aliphatic rings. The van der Waals surface area contributed by atoms with E-state index < -0.39 is 10.1 Å². The maximum Gasteiger partial charge on any atom is 0.295 e. The molecule has 0 radical (unpaired) electrons. The van der Waals surface area contributed by atoms with Crippen molar-refractivity contribution in [1.29, 1.82) is 0 Å². The van der Waals surface area contributed by atoms with Crippen molar-refractivity contribution >= 4 is 10.1 Å². The molecule has 17 heavy (non-hydrogen) atoms. The second kappa shape index (κ2) is 4.13. The molecule has 0 aliphatic heterocycles. The Kier molecular flexibility index (Phi) is 2.93. The van der Waals surface area contributed by atoms with Crippen molar-refractivity contribution in [3.8, 4) is 11.1 Å². The Hall–Kier alpha value is -1.39. The van der Waals surface area contributed by atoms with Gasteiger partial charge in [-0.2, -0.15) is 8.42 Å². The molecule has 90 valence electrons. The Morgan fingerprint density at radius 2 is 1.82 bits per heavy atom. The lowest BCUT2D eigenvalue weighted by Gasteiger charge is -2.02. The Morgan fingerprint density at radius 1 is 1.12 bits per heavy atom. The molecule has 3 nitrogen and oxygen atoms in total. The van der Waals surface area contributed by atoms with Crippen LogP contribution in [0, 0.1) is 0 Å². The van der Waals surface area contributed by atoms with Crippen molar-refractivity contribution in [3.05, 3.63) is 42.0 Å². The van der Waals surface area contributed by atoms with E-state index in [1.165, 1.54) is 6.07 Å². The third kappa shape index (κ3) is 2.33. The Balaban J connectivity index is 2.66. The molecular formula is C13H14O3S. The van der Waals surface area contributed by atoms with Crippen LogP contribution < -0.4 is 0 Å². The fraction of sp³-hybridized carbons (Fsp3) is 0.231. The quantitative estimate of drug-likeness (QED) is 0.833. The van der Waals surface area contributed by atoms with Crippen LogP contribution in [-0.2, 0) is 10.1 Å². The molecule has 4 heteroatoms. The first-order valence-electron chi connectivity index (χ1n) is 5.40. The van der Waals surface area contributed by atoms with E-state index in [-0.39, 0.29) is 4.90 Å². The molecule has 0 aromatic rings. The van der Waals surface area contributed by atoms with Crippen molar-refractivity contribution < 1.29 is 13.0 Å². The molecule has 0 unspecified atom stereocenters. The van der Waals surface area contributed by atoms with Crippen molar-refractivity contribution in [1.82, 2.24) is 0 Å². The zero-order valence-corrected chi connectivity index (χ0v) is 10.5. The second-order valence-electron chi connectivity index (χ2n) is 4.37. The summed E-state index contributed by atoms with van der Waals surface area (Å²) in [7, 11) is -4.15. The molecule has 0 bridgehead atoms. The van der Waals surface area contributed by atoms with Crippen LogP contribution >= 0.6 is 0 Å². The van der Waals surface area contributed by atoms with Crippen molar-refractivity contribution in [2.24, 2.45) is 0 Å². The average Bonchev–Trinajstić information content (AvgIpc) is 2.49. The lowest BCUT2D eigenvalue weighted by atomic mass is 10.0. The highest BCUT2D eigenvalue weighted by Gasteiger charge is 2.18. The van der Waals surface area contributed by atoms with Gasteiger partial charge in [-0.1, -0.05) is 44.2 Å². The van der Waals surface area contributed by atoms with Crippen LogP contribution in [-0.4, -0.2) is 13.0 Å². The van der Waals surface area contributed by atoms with E-state index in [4.69, 9.17) is 4.55 Å². The Bertz CT molecular complexity index is 615. The van der Waals surface area contributed by atoms with Crippen LogP contribution in [0.15, 0.2) is 41.3 Å². The van der Waals surface area contributed by atoms with Crippen LogP contribution in [0.4, 0.5) is 0 Å². The van der Waals surface area contributed by atoms with E-state index in [1.54, 1.807) is 12.1 Å². The van der Waals surface area contributed by atoms with Crippen molar-refractivity contribution in [2.45, 2.75) is 24.7 Å². The van der Waals surface area contributed by atoms with E-state index in [0.717, 1.165) is 11.1 Å². The summed E-state index contributed by atoms with van der Waals surface area (Å²) < 4.78 is 31.5. The van der Waals surface area contributed by atoms with Crippen LogP contribution in [0.1, 0.15) is 25.3 Å². The van der Waals surface area contributed by atoms with Gasteiger partial charge in [0.2, 0.25) is 0 Å². The predicted molar refractivity (Wildman–Crippen MR) is 67.0 cm³/mol. The van der Waals surface area contributed by atoms with Gasteiger partial charge in [0.25, 0.3) is 10.1 Å². The standard InChI is InChI=1S/C13H14O3S/c1-9(2)10-4-3-5-12-11(8-10)6-7-13(12)17(14,15)16/h3-9H,1-2H3,(H,14,15,16). The first-order valence-corrected chi connectivity index (χ1v) is 6.84. The van der Waals surface area contributed by atoms with Gasteiger partial charge in [0.1, 0.15) is 4.90 Å². The summed E-state index contributed by atoms with van der Waals surface area (Å²) in [6.45, 7) is 4.15. The third-order valence-corrected chi connectivity index (χ3v) is 3.72. The van der Waals surface area contributed by atoms with Crippen LogP contribution in [0.2, 0.25) is 0 Å². The van der Waals surface area contributed by atoms with Gasteiger partial charge in [-0.05, 0) is 23.1 Å². The number of rotatable bonds is 2. The van der Waals surface area contributed by atoms with E-state index >= 15 is 0 Å². The second-order valence-corrected chi connectivity index (χ2v) is 5.76. The number of fused-ring (bicyclic) bond motifs is 1. The molecule has 2 aliphatic carbocycles. The number of hydrogen-bond acceptors (Lipinski definition) is 2. The first kappa shape index (κ1) is 12.1. The Morgan fingerprint density at radius 3 is 2.41 bits per heavy atom. The monoisotopic (exact) mass is 250 g/mol. The molecule has 0 heterocycles. The summed E-state index contributed by atoms with van der Waals surface area (Å²) in [5, 5.41) is 0. The van der Waals surface area contributed by atoms with Crippen molar-refractivity contribution in [2.75, 3.05) is 0 Å². The largest absolute Gasteiger partial charge is 0.295 e. The van der Waals surface area contributed by atoms with E-state index in [1.807, 2.05) is 18.2 Å². The molecule has 1 N–H and O–H groups in total. The smallest absolute Gasteiger partial charge is 0.282 e. The summed E-state index contributed by atoms with van der Waals surface area (Å²) in [5.74, 6) is 0.370. The average molecular weight is 250 g/mol. The maximum atomic E-state index is 11.2. The molecule has 0 fully saturated rings. The van der Waals surface area contributed by atoms with Gasteiger partial charge >= 0.3 is 0 Å². The highest BCUT2D eigenvalue weighted by Crippen LogP contribution is 2.32. The number of hydrogen-bond donors (Lipinski definition) is 1. The fourth-order valence-electron chi connectivity index (χ4n) is 1.86. The topological polar surface area (TPSA) is 54.4 Å². The van der Waals surface area contributed by atoms with E-state index in [2.05, 4.69) is 13.8 Å². The molecule has 0 saturated heterocycles. The summed E-state index contributed by atoms with van der Waals surface area (Å²) in [6.07, 6.45) is 0. The predicted octanol–water partition coefficient (Wildman–Crippen LogP) is 3.16. The summed E-state index contributed by atoms with van der Waals surface area (Å²) in [4.78, 5) is -0.0293. The van der Waals surface area contributed by atoms with Gasteiger partial charge < -0.3 is 0 Å². The summed E-state index contributed by atoms with van der Waals surface area (Å²) in [5.41, 5.74) is 2.51. The highest BCUT2D eigenvalue weighted by atomic mass is 32.2. The van der Waals surface area contributed by atoms with E-state index in [9.17, 15) is 8.42 Å². The summed E-state index contributed by atoms with van der Waals surface area (Å²) in [6, 6.07) is 10.6. The van der Waals surface area contributed by atoms with Crippen molar-refractivity contribution in [3.63, 3.8) is 0 Å². The lowest BCUT2D eigenvalue weighted by molar-refractivity contribution is 0.484. The normalized spacial score (nSPS) is 12.2. The van der Waals surface area contributed by atoms with Gasteiger partial charge in [0.05, 0.1) is 0 Å². The minimum atomic E-state index is -4.15. The molecule has 0 saturated carbocycles. The minimum Gasteiger partial charge on any atom is -0.282 e. The zero-order chi connectivity index (χ0) is 12.6. The minimum absolute atomic E-state index is 0.0293. The molecular weight excluding hydrogens is 236 g/mol. The third-order valence-electron chi connectivity index (χ3n) is 2.81. The SMILES string of the molecule is CC(C)c1cccc2c(S(=O)(=O)O)ccc-2c1. The first-order chi connectivity index (χ1) is 7.89. The van der Waals surface area contributed by atoms with Gasteiger partial charge in [0.15, 0.2) is 0 Å². The molecule has 0 aromatic heterocycles. The molecule has 0 atom stereocenters. The van der Waals surface area contributed by atoms with Gasteiger partial charge in [-0.3, -0.25) is 4.55 Å². The highest BCUT2D eigenvalue weighted by molar-refractivity contribution is 7.86. The molecule has 0 spiro atoms. The van der Waals surface area contributed by atoms with E-state index in [0.29, 0.717) is 11.5 Å². The fourth-order valence-corrected chi connectivity index (χ4v) is 2.56. The van der Waals surface area contributed by atoms with Crippen LogP contribution in [0.25, 0.3) is 11.1 Å². The Labute approximate surface area is 101 Å².